The predicted octanol–water partition coefficient (Wildman–Crippen LogP) is 5.59. The van der Waals surface area contributed by atoms with Crippen molar-refractivity contribution < 1.29 is 9.90 Å². The van der Waals surface area contributed by atoms with Crippen LogP contribution >= 0.6 is 11.3 Å². The number of aliphatic hydroxyl groups is 1. The molecular weight excluding hydrogens is 394 g/mol. The standard InChI is InChI=1S/C24H17N3O2S/c1-14-10-12-15(13-11-14)21(20-22(28)16-6-2-3-7-17(16)23(20)29)26-27-24-25-18-8-4-5-9-19(18)30-24/h2-13,28H,1H3,(H,25,27)/b26-21+. The topological polar surface area (TPSA) is 74.6 Å². The summed E-state index contributed by atoms with van der Waals surface area (Å²) in [6, 6.07) is 22.6. The largest absolute Gasteiger partial charge is 0.506 e. The van der Waals surface area contributed by atoms with E-state index in [1.165, 1.54) is 11.3 Å². The summed E-state index contributed by atoms with van der Waals surface area (Å²) in [5.74, 6) is -0.297. The van der Waals surface area contributed by atoms with Gasteiger partial charge in [0.05, 0.1) is 15.8 Å². The number of aryl methyl sites for hydroxylation is 1. The first-order valence-electron chi connectivity index (χ1n) is 9.46. The maximum absolute atomic E-state index is 13.1. The van der Waals surface area contributed by atoms with Gasteiger partial charge in [-0.15, -0.1) is 0 Å². The molecule has 0 saturated carbocycles. The maximum Gasteiger partial charge on any atom is 0.204 e. The lowest BCUT2D eigenvalue weighted by Crippen LogP contribution is -2.14. The lowest BCUT2D eigenvalue weighted by atomic mass is 9.98. The molecule has 0 unspecified atom stereocenters. The molecule has 4 aromatic rings. The van der Waals surface area contributed by atoms with Crippen molar-refractivity contribution in [2.45, 2.75) is 6.92 Å². The number of nitrogens with zero attached hydrogens (tertiary/aromatic N) is 2. The number of hydrogen-bond donors (Lipinski definition) is 2. The van der Waals surface area contributed by atoms with E-state index in [1.807, 2.05) is 55.5 Å². The van der Waals surface area contributed by atoms with Crippen LogP contribution in [0.2, 0.25) is 0 Å². The number of Topliss-reactive ketones (excluding diaryl/α,β-unsaturated/α-hetero) is 1. The van der Waals surface area contributed by atoms with Gasteiger partial charge in [-0.25, -0.2) is 4.98 Å². The third kappa shape index (κ3) is 3.07. The van der Waals surface area contributed by atoms with Crippen molar-refractivity contribution in [3.8, 4) is 0 Å². The number of anilines is 1. The van der Waals surface area contributed by atoms with E-state index in [2.05, 4.69) is 15.5 Å². The Balaban J connectivity index is 1.61. The van der Waals surface area contributed by atoms with E-state index in [-0.39, 0.29) is 17.1 Å². The van der Waals surface area contributed by atoms with Crippen LogP contribution in [0.4, 0.5) is 5.13 Å². The number of hydrazone groups is 1. The molecule has 0 aliphatic heterocycles. The van der Waals surface area contributed by atoms with Gasteiger partial charge in [-0.05, 0) is 19.1 Å². The highest BCUT2D eigenvalue weighted by Crippen LogP contribution is 2.33. The van der Waals surface area contributed by atoms with Gasteiger partial charge in [0.25, 0.3) is 0 Å². The van der Waals surface area contributed by atoms with E-state index < -0.39 is 0 Å². The molecule has 0 radical (unpaired) electrons. The van der Waals surface area contributed by atoms with Crippen molar-refractivity contribution in [2.75, 3.05) is 5.43 Å². The van der Waals surface area contributed by atoms with Crippen molar-refractivity contribution in [1.29, 1.82) is 0 Å². The number of benzene rings is 3. The molecule has 1 aliphatic rings. The SMILES string of the molecule is Cc1ccc(/C(=N\Nc2nc3ccccc3s2)C2=C(O)c3ccccc3C2=O)cc1. The molecule has 0 fully saturated rings. The molecule has 1 aromatic heterocycles. The van der Waals surface area contributed by atoms with Gasteiger partial charge in [0.1, 0.15) is 11.5 Å². The summed E-state index contributed by atoms with van der Waals surface area (Å²) in [6.07, 6.45) is 0. The third-order valence-corrected chi connectivity index (χ3v) is 5.95. The highest BCUT2D eigenvalue weighted by Gasteiger charge is 2.33. The zero-order valence-corrected chi connectivity index (χ0v) is 16.9. The number of carbonyl (C=O) groups is 1. The number of aliphatic hydroxyl groups excluding tert-OH is 1. The smallest absolute Gasteiger partial charge is 0.204 e. The van der Waals surface area contributed by atoms with Crippen LogP contribution in [0.5, 0.6) is 0 Å². The number of rotatable bonds is 4. The minimum Gasteiger partial charge on any atom is -0.506 e. The Bertz CT molecular complexity index is 1320. The summed E-state index contributed by atoms with van der Waals surface area (Å²) >= 11 is 1.48. The van der Waals surface area contributed by atoms with E-state index in [1.54, 1.807) is 24.3 Å². The molecule has 1 heterocycles. The Morgan fingerprint density at radius 1 is 0.967 bits per heavy atom. The van der Waals surface area contributed by atoms with Crippen LogP contribution in [-0.4, -0.2) is 21.6 Å². The number of nitrogens with one attached hydrogen (secondary N) is 1. The van der Waals surface area contributed by atoms with Crippen LogP contribution in [0.25, 0.3) is 16.0 Å². The summed E-state index contributed by atoms with van der Waals surface area (Å²) in [7, 11) is 0. The Kier molecular flexibility index (Phi) is 4.41. The van der Waals surface area contributed by atoms with Gasteiger partial charge in [-0.3, -0.25) is 10.2 Å². The van der Waals surface area contributed by atoms with E-state index in [4.69, 9.17) is 0 Å². The number of para-hydroxylation sites is 1. The fraction of sp³-hybridized carbons (Fsp3) is 0.0417. The Hall–Kier alpha value is -3.77. The van der Waals surface area contributed by atoms with E-state index in [9.17, 15) is 9.90 Å². The monoisotopic (exact) mass is 411 g/mol. The summed E-state index contributed by atoms with van der Waals surface area (Å²) in [4.78, 5) is 17.6. The van der Waals surface area contributed by atoms with E-state index in [0.29, 0.717) is 22.0 Å². The highest BCUT2D eigenvalue weighted by atomic mass is 32.1. The van der Waals surface area contributed by atoms with Crippen LogP contribution in [0.3, 0.4) is 0 Å². The first kappa shape index (κ1) is 18.3. The summed E-state index contributed by atoms with van der Waals surface area (Å²) in [6.45, 7) is 1.99. The molecule has 6 heteroatoms. The molecular formula is C24H17N3O2S. The Morgan fingerprint density at radius 2 is 1.67 bits per heavy atom. The fourth-order valence-corrected chi connectivity index (χ4v) is 4.29. The molecule has 30 heavy (non-hydrogen) atoms. The zero-order valence-electron chi connectivity index (χ0n) is 16.1. The Morgan fingerprint density at radius 3 is 2.40 bits per heavy atom. The van der Waals surface area contributed by atoms with Gasteiger partial charge >= 0.3 is 0 Å². The van der Waals surface area contributed by atoms with Crippen LogP contribution in [0, 0.1) is 6.92 Å². The molecule has 2 N–H and O–H groups in total. The molecule has 5 nitrogen and oxygen atoms in total. The number of ketones is 1. The fourth-order valence-electron chi connectivity index (χ4n) is 3.48. The second-order valence-electron chi connectivity index (χ2n) is 7.02. The molecule has 0 spiro atoms. The van der Waals surface area contributed by atoms with Gasteiger partial charge in [-0.2, -0.15) is 5.10 Å². The molecule has 0 atom stereocenters. The van der Waals surface area contributed by atoms with Crippen LogP contribution in [-0.2, 0) is 0 Å². The quantitative estimate of drug-likeness (QED) is 0.339. The molecule has 0 saturated heterocycles. The first-order chi connectivity index (χ1) is 14.6. The van der Waals surface area contributed by atoms with Crippen LogP contribution in [0.15, 0.2) is 83.5 Å². The number of allylic oxidation sites excluding steroid dienone is 1. The van der Waals surface area contributed by atoms with Crippen molar-refractivity contribution in [3.63, 3.8) is 0 Å². The van der Waals surface area contributed by atoms with Gasteiger partial charge in [0.15, 0.2) is 5.78 Å². The number of hydrogen-bond acceptors (Lipinski definition) is 6. The number of fused-ring (bicyclic) bond motifs is 2. The minimum atomic E-state index is -0.242. The van der Waals surface area contributed by atoms with Crippen LogP contribution < -0.4 is 5.43 Å². The Labute approximate surface area is 177 Å². The molecule has 0 bridgehead atoms. The minimum absolute atomic E-state index is 0.0546. The summed E-state index contributed by atoms with van der Waals surface area (Å²) < 4.78 is 1.04. The molecule has 5 rings (SSSR count). The second kappa shape index (κ2) is 7.24. The van der Waals surface area contributed by atoms with Gasteiger partial charge in [0.2, 0.25) is 5.13 Å². The van der Waals surface area contributed by atoms with Gasteiger partial charge in [-0.1, -0.05) is 77.6 Å². The summed E-state index contributed by atoms with van der Waals surface area (Å²) in [5.41, 5.74) is 7.27. The van der Waals surface area contributed by atoms with Crippen molar-refractivity contribution in [1.82, 2.24) is 4.98 Å². The average molecular weight is 411 g/mol. The van der Waals surface area contributed by atoms with Crippen LogP contribution in [0.1, 0.15) is 27.0 Å². The normalized spacial score (nSPS) is 13.8. The molecule has 1 aliphatic carbocycles. The number of carbonyl (C=O) groups excluding carboxylic acids is 1. The average Bonchev–Trinajstić information content (AvgIpc) is 3.29. The molecule has 3 aromatic carbocycles. The number of aromatic nitrogens is 1. The highest BCUT2D eigenvalue weighted by molar-refractivity contribution is 7.22. The third-order valence-electron chi connectivity index (χ3n) is 5.01. The zero-order chi connectivity index (χ0) is 20.7. The molecule has 0 amide bonds. The van der Waals surface area contributed by atoms with Crippen molar-refractivity contribution in [3.05, 3.63) is 101 Å². The lowest BCUT2D eigenvalue weighted by molar-refractivity contribution is 0.104. The lowest BCUT2D eigenvalue weighted by Gasteiger charge is -2.09. The number of thiazole rings is 1. The van der Waals surface area contributed by atoms with Crippen molar-refractivity contribution >= 4 is 43.9 Å². The maximum atomic E-state index is 13.1. The van der Waals surface area contributed by atoms with Crippen molar-refractivity contribution in [2.24, 2.45) is 5.10 Å². The second-order valence-corrected chi connectivity index (χ2v) is 8.05. The molecule has 146 valence electrons. The van der Waals surface area contributed by atoms with Gasteiger partial charge in [0, 0.05) is 16.7 Å². The predicted molar refractivity (Wildman–Crippen MR) is 121 cm³/mol. The van der Waals surface area contributed by atoms with Gasteiger partial charge < -0.3 is 5.11 Å². The van der Waals surface area contributed by atoms with E-state index in [0.717, 1.165) is 21.3 Å². The summed E-state index contributed by atoms with van der Waals surface area (Å²) in [5, 5.41) is 16.0. The first-order valence-corrected chi connectivity index (χ1v) is 10.3. The van der Waals surface area contributed by atoms with E-state index >= 15 is 0 Å².